The van der Waals surface area contributed by atoms with Crippen molar-refractivity contribution in [1.82, 2.24) is 14.4 Å². The molecule has 4 aromatic rings. The first-order valence-electron chi connectivity index (χ1n) is 8.69. The van der Waals surface area contributed by atoms with Gasteiger partial charge in [-0.25, -0.2) is 9.97 Å². The van der Waals surface area contributed by atoms with Crippen LogP contribution in [-0.2, 0) is 6.54 Å². The van der Waals surface area contributed by atoms with Crippen molar-refractivity contribution in [2.45, 2.75) is 26.4 Å². The number of hydrogen-bond acceptors (Lipinski definition) is 4. The highest BCUT2D eigenvalue weighted by Gasteiger charge is 2.21. The van der Waals surface area contributed by atoms with Crippen LogP contribution in [0.2, 0.25) is 0 Å². The van der Waals surface area contributed by atoms with Gasteiger partial charge in [-0.05, 0) is 38.1 Å². The summed E-state index contributed by atoms with van der Waals surface area (Å²) in [5, 5.41) is 1.11. The number of fused-ring (bicyclic) bond motifs is 2. The lowest BCUT2D eigenvalue weighted by molar-refractivity contribution is -0.924. The summed E-state index contributed by atoms with van der Waals surface area (Å²) in [5.74, 6) is 0. The Labute approximate surface area is 155 Å². The van der Waals surface area contributed by atoms with E-state index in [1.807, 2.05) is 43.3 Å². The van der Waals surface area contributed by atoms with E-state index in [9.17, 15) is 4.79 Å². The summed E-state index contributed by atoms with van der Waals surface area (Å²) in [5.41, 5.74) is 3.43. The fourth-order valence-electron chi connectivity index (χ4n) is 3.18. The van der Waals surface area contributed by atoms with Crippen LogP contribution in [0.5, 0.6) is 0 Å². The minimum Gasteiger partial charge on any atom is -0.324 e. The minimum absolute atomic E-state index is 0.0245. The second-order valence-corrected chi connectivity index (χ2v) is 7.77. The van der Waals surface area contributed by atoms with Crippen LogP contribution in [-0.4, -0.2) is 21.4 Å². The highest BCUT2D eigenvalue weighted by atomic mass is 32.1. The third-order valence-corrected chi connectivity index (χ3v) is 6.03. The first-order chi connectivity index (χ1) is 12.5. The Bertz CT molecular complexity index is 1110. The van der Waals surface area contributed by atoms with Crippen molar-refractivity contribution in [3.63, 3.8) is 0 Å². The number of benzene rings is 1. The Morgan fingerprint density at radius 1 is 1.15 bits per heavy atom. The van der Waals surface area contributed by atoms with Gasteiger partial charge in [-0.2, -0.15) is 0 Å². The zero-order valence-corrected chi connectivity index (χ0v) is 15.9. The third-order valence-electron chi connectivity index (χ3n) is 4.81. The van der Waals surface area contributed by atoms with Gasteiger partial charge in [0.1, 0.15) is 23.9 Å². The van der Waals surface area contributed by atoms with Crippen molar-refractivity contribution in [3.8, 4) is 0 Å². The molecule has 0 fully saturated rings. The molecular formula is C20H21N4OS+. The Morgan fingerprint density at radius 3 is 2.77 bits per heavy atom. The maximum absolute atomic E-state index is 12.5. The van der Waals surface area contributed by atoms with E-state index in [1.165, 1.54) is 9.60 Å². The van der Waals surface area contributed by atoms with E-state index in [2.05, 4.69) is 25.0 Å². The smallest absolute Gasteiger partial charge is 0.258 e. The van der Waals surface area contributed by atoms with Crippen molar-refractivity contribution in [1.29, 1.82) is 0 Å². The average molecular weight is 365 g/mol. The molecule has 0 amide bonds. The number of pyridine rings is 1. The van der Waals surface area contributed by atoms with E-state index >= 15 is 0 Å². The molecule has 0 saturated heterocycles. The first-order valence-corrected chi connectivity index (χ1v) is 9.50. The molecule has 0 bridgehead atoms. The largest absolute Gasteiger partial charge is 0.324 e. The summed E-state index contributed by atoms with van der Waals surface area (Å²) in [7, 11) is 2.12. The van der Waals surface area contributed by atoms with Crippen LogP contribution < -0.4 is 10.5 Å². The molecule has 0 radical (unpaired) electrons. The molecule has 1 aromatic carbocycles. The summed E-state index contributed by atoms with van der Waals surface area (Å²) in [6, 6.07) is 15.8. The van der Waals surface area contributed by atoms with Crippen molar-refractivity contribution in [2.75, 3.05) is 7.05 Å². The predicted molar refractivity (Wildman–Crippen MR) is 105 cm³/mol. The number of aromatic nitrogens is 3. The lowest BCUT2D eigenvalue weighted by Gasteiger charge is -2.19. The summed E-state index contributed by atoms with van der Waals surface area (Å²) in [4.78, 5) is 23.2. The summed E-state index contributed by atoms with van der Waals surface area (Å²) < 4.78 is 2.86. The van der Waals surface area contributed by atoms with Crippen LogP contribution in [0.3, 0.4) is 0 Å². The fraction of sp³-hybridized carbons (Fsp3) is 0.250. The van der Waals surface area contributed by atoms with Crippen molar-refractivity contribution >= 4 is 27.2 Å². The quantitative estimate of drug-likeness (QED) is 0.604. The lowest BCUT2D eigenvalue weighted by atomic mass is 10.2. The highest BCUT2D eigenvalue weighted by Crippen LogP contribution is 2.24. The Kier molecular flexibility index (Phi) is 4.30. The molecule has 132 valence electrons. The normalized spacial score (nSPS) is 14.0. The van der Waals surface area contributed by atoms with Crippen molar-refractivity contribution in [2.24, 2.45) is 0 Å². The molecule has 26 heavy (non-hydrogen) atoms. The van der Waals surface area contributed by atoms with E-state index in [0.717, 1.165) is 21.9 Å². The highest BCUT2D eigenvalue weighted by molar-refractivity contribution is 7.18. The molecule has 4 rings (SSSR count). The molecule has 6 heteroatoms. The maximum Gasteiger partial charge on any atom is 0.258 e. The van der Waals surface area contributed by atoms with Crippen LogP contribution in [0.25, 0.3) is 15.9 Å². The van der Waals surface area contributed by atoms with E-state index < -0.39 is 0 Å². The Balaban J connectivity index is 1.62. The van der Waals surface area contributed by atoms with Gasteiger partial charge < -0.3 is 4.90 Å². The van der Waals surface area contributed by atoms with Gasteiger partial charge in [-0.1, -0.05) is 18.2 Å². The Morgan fingerprint density at radius 2 is 1.96 bits per heavy atom. The second kappa shape index (κ2) is 6.63. The van der Waals surface area contributed by atoms with Gasteiger partial charge in [-0.3, -0.25) is 9.20 Å². The summed E-state index contributed by atoms with van der Waals surface area (Å²) in [6.45, 7) is 4.77. The van der Waals surface area contributed by atoms with Gasteiger partial charge >= 0.3 is 0 Å². The number of para-hydroxylation sites is 1. The number of nitrogens with one attached hydrogen (secondary N) is 1. The monoisotopic (exact) mass is 365 g/mol. The SMILES string of the molecule is Cc1cccc2nc(C[NH+](C)[C@@H](C)c3nc4ccccc4s3)cc(=O)n12. The predicted octanol–water partition coefficient (Wildman–Crippen LogP) is 2.39. The molecule has 1 unspecified atom stereocenters. The third kappa shape index (κ3) is 3.02. The lowest BCUT2D eigenvalue weighted by Crippen LogP contribution is -3.07. The maximum atomic E-state index is 12.5. The second-order valence-electron chi connectivity index (χ2n) is 6.71. The van der Waals surface area contributed by atoms with Crippen molar-refractivity contribution < 1.29 is 4.90 Å². The molecular weight excluding hydrogens is 344 g/mol. The van der Waals surface area contributed by atoms with Gasteiger partial charge in [-0.15, -0.1) is 11.3 Å². The summed E-state index contributed by atoms with van der Waals surface area (Å²) in [6.07, 6.45) is 0. The van der Waals surface area contributed by atoms with Crippen LogP contribution in [0.4, 0.5) is 0 Å². The van der Waals surface area contributed by atoms with Crippen LogP contribution in [0, 0.1) is 6.92 Å². The van der Waals surface area contributed by atoms with Gasteiger partial charge in [0, 0.05) is 11.8 Å². The van der Waals surface area contributed by atoms with E-state index in [1.54, 1.807) is 21.8 Å². The van der Waals surface area contributed by atoms with Gasteiger partial charge in [0.2, 0.25) is 0 Å². The van der Waals surface area contributed by atoms with Crippen LogP contribution >= 0.6 is 11.3 Å². The number of aryl methyl sites for hydroxylation is 1. The molecule has 0 aliphatic rings. The Hall–Kier alpha value is -2.57. The van der Waals surface area contributed by atoms with E-state index in [-0.39, 0.29) is 11.6 Å². The number of thiazole rings is 1. The zero-order chi connectivity index (χ0) is 18.3. The first kappa shape index (κ1) is 16.9. The van der Waals surface area contributed by atoms with E-state index in [4.69, 9.17) is 4.98 Å². The number of rotatable bonds is 4. The van der Waals surface area contributed by atoms with Gasteiger partial charge in [0.25, 0.3) is 5.56 Å². The molecule has 3 heterocycles. The average Bonchev–Trinajstić information content (AvgIpc) is 3.04. The van der Waals surface area contributed by atoms with Crippen molar-refractivity contribution in [3.05, 3.63) is 75.3 Å². The molecule has 3 aromatic heterocycles. The molecule has 1 N–H and O–H groups in total. The standard InChI is InChI=1S/C20H20N4OS/c1-13-7-6-10-18-21-15(11-19(25)24(13)18)12-23(3)14(2)20-22-16-8-4-5-9-17(16)26-20/h4-11,14H,12H2,1-3H3/p+1/t14-/m0/s1. The molecule has 0 saturated carbocycles. The summed E-state index contributed by atoms with van der Waals surface area (Å²) >= 11 is 1.73. The van der Waals surface area contributed by atoms with Crippen LogP contribution in [0.1, 0.15) is 29.4 Å². The molecule has 5 nitrogen and oxygen atoms in total. The van der Waals surface area contributed by atoms with Gasteiger partial charge in [0.05, 0.1) is 17.3 Å². The van der Waals surface area contributed by atoms with Crippen LogP contribution in [0.15, 0.2) is 53.3 Å². The van der Waals surface area contributed by atoms with Gasteiger partial charge in [0.15, 0.2) is 5.01 Å². The number of nitrogens with zero attached hydrogens (tertiary/aromatic N) is 3. The molecule has 0 aliphatic heterocycles. The number of quaternary nitrogens is 1. The zero-order valence-electron chi connectivity index (χ0n) is 15.1. The topological polar surface area (TPSA) is 51.7 Å². The molecule has 0 aliphatic carbocycles. The molecule has 2 atom stereocenters. The van der Waals surface area contributed by atoms with E-state index in [0.29, 0.717) is 12.2 Å². The minimum atomic E-state index is -0.0245. The number of hydrogen-bond donors (Lipinski definition) is 1. The fourth-order valence-corrected chi connectivity index (χ4v) is 4.29. The molecule has 0 spiro atoms.